The quantitative estimate of drug-likeness (QED) is 0.305. The molecule has 0 fully saturated rings. The van der Waals surface area contributed by atoms with E-state index in [2.05, 4.69) is 20.6 Å². The summed E-state index contributed by atoms with van der Waals surface area (Å²) in [4.78, 5) is 40.1. The molecule has 3 aromatic carbocycles. The molecule has 144 valence electrons. The monoisotopic (exact) mass is 389 g/mol. The van der Waals surface area contributed by atoms with E-state index in [1.54, 1.807) is 30.3 Å². The number of para-hydroxylation sites is 1. The van der Waals surface area contributed by atoms with Crippen LogP contribution in [-0.2, 0) is 0 Å². The largest absolute Gasteiger partial charge is 0.350 e. The van der Waals surface area contributed by atoms with Crippen molar-refractivity contribution in [3.05, 3.63) is 92.9 Å². The normalized spacial score (nSPS) is 10.6. The van der Waals surface area contributed by atoms with Gasteiger partial charge in [-0.25, -0.2) is 4.79 Å². The Balaban J connectivity index is 1.59. The SMILES string of the molecule is O=C(Nc1ccc2[nH]c(=O)[nH]c2c1)c1ccc(Nc2ccccc2)c([N+](=O)[O-])c1. The predicted octanol–water partition coefficient (Wildman–Crippen LogP) is 3.76. The van der Waals surface area contributed by atoms with Crippen molar-refractivity contribution in [2.45, 2.75) is 0 Å². The number of fused-ring (bicyclic) bond motifs is 1. The number of H-pyrrole nitrogens is 2. The number of aromatic nitrogens is 2. The van der Waals surface area contributed by atoms with Crippen LogP contribution in [0, 0.1) is 10.1 Å². The number of nitrogens with zero attached hydrogens (tertiary/aromatic N) is 1. The minimum absolute atomic E-state index is 0.137. The molecule has 29 heavy (non-hydrogen) atoms. The van der Waals surface area contributed by atoms with Crippen molar-refractivity contribution in [2.24, 2.45) is 0 Å². The van der Waals surface area contributed by atoms with E-state index in [-0.39, 0.29) is 22.6 Å². The molecule has 0 saturated carbocycles. The van der Waals surface area contributed by atoms with E-state index in [0.29, 0.717) is 22.4 Å². The number of benzene rings is 3. The molecule has 0 aliphatic rings. The van der Waals surface area contributed by atoms with Crippen molar-refractivity contribution in [1.82, 2.24) is 9.97 Å². The predicted molar refractivity (Wildman–Crippen MR) is 110 cm³/mol. The standard InChI is InChI=1S/C20H15N5O4/c26-19(22-14-7-9-15-17(11-14)24-20(27)23-15)12-6-8-16(18(10-12)25(28)29)21-13-4-2-1-3-5-13/h1-11,21H,(H,22,26)(H2,23,24,27). The maximum absolute atomic E-state index is 12.6. The highest BCUT2D eigenvalue weighted by molar-refractivity contribution is 6.05. The first kappa shape index (κ1) is 18.0. The fraction of sp³-hybridized carbons (Fsp3) is 0. The Bertz CT molecular complexity index is 1280. The number of nitro groups is 1. The summed E-state index contributed by atoms with van der Waals surface area (Å²) in [7, 11) is 0. The zero-order valence-corrected chi connectivity index (χ0v) is 14.9. The van der Waals surface area contributed by atoms with Crippen molar-refractivity contribution in [3.8, 4) is 0 Å². The number of rotatable bonds is 5. The van der Waals surface area contributed by atoms with Gasteiger partial charge in [-0.3, -0.25) is 14.9 Å². The number of nitro benzene ring substituents is 1. The topological polar surface area (TPSA) is 133 Å². The van der Waals surface area contributed by atoms with Gasteiger partial charge < -0.3 is 20.6 Å². The maximum Gasteiger partial charge on any atom is 0.323 e. The number of imidazole rings is 1. The molecule has 4 rings (SSSR count). The van der Waals surface area contributed by atoms with Crippen LogP contribution in [-0.4, -0.2) is 20.8 Å². The van der Waals surface area contributed by atoms with Gasteiger partial charge in [0.25, 0.3) is 11.6 Å². The number of carbonyl (C=O) groups excluding carboxylic acids is 1. The number of anilines is 3. The maximum atomic E-state index is 12.6. The number of hydrogen-bond acceptors (Lipinski definition) is 5. The Morgan fingerprint density at radius 2 is 1.66 bits per heavy atom. The third kappa shape index (κ3) is 3.83. The van der Waals surface area contributed by atoms with E-state index in [0.717, 1.165) is 0 Å². The van der Waals surface area contributed by atoms with Crippen molar-refractivity contribution < 1.29 is 9.72 Å². The van der Waals surface area contributed by atoms with Gasteiger partial charge in [0.2, 0.25) is 0 Å². The van der Waals surface area contributed by atoms with Crippen molar-refractivity contribution in [3.63, 3.8) is 0 Å². The first-order chi connectivity index (χ1) is 14.0. The first-order valence-corrected chi connectivity index (χ1v) is 8.63. The lowest BCUT2D eigenvalue weighted by molar-refractivity contribution is -0.383. The number of amides is 1. The molecule has 0 aliphatic carbocycles. The van der Waals surface area contributed by atoms with Crippen LogP contribution in [0.25, 0.3) is 11.0 Å². The lowest BCUT2D eigenvalue weighted by Gasteiger charge is -2.09. The first-order valence-electron chi connectivity index (χ1n) is 8.63. The van der Waals surface area contributed by atoms with Crippen LogP contribution in [0.1, 0.15) is 10.4 Å². The van der Waals surface area contributed by atoms with Gasteiger partial charge in [-0.1, -0.05) is 18.2 Å². The number of nitrogens with one attached hydrogen (secondary N) is 4. The van der Waals surface area contributed by atoms with Crippen LogP contribution in [0.5, 0.6) is 0 Å². The molecule has 1 heterocycles. The number of hydrogen-bond donors (Lipinski definition) is 4. The second-order valence-electron chi connectivity index (χ2n) is 6.27. The molecule has 0 atom stereocenters. The second-order valence-corrected chi connectivity index (χ2v) is 6.27. The second kappa shape index (κ2) is 7.31. The molecule has 0 saturated heterocycles. The summed E-state index contributed by atoms with van der Waals surface area (Å²) in [6, 6.07) is 18.1. The van der Waals surface area contributed by atoms with Crippen molar-refractivity contribution >= 4 is 39.7 Å². The molecular formula is C20H15N5O4. The van der Waals surface area contributed by atoms with Crippen LogP contribution >= 0.6 is 0 Å². The van der Waals surface area contributed by atoms with E-state index in [4.69, 9.17) is 0 Å². The minimum Gasteiger partial charge on any atom is -0.350 e. The van der Waals surface area contributed by atoms with E-state index in [9.17, 15) is 19.7 Å². The molecule has 0 spiro atoms. The molecule has 1 aromatic heterocycles. The van der Waals surface area contributed by atoms with Gasteiger partial charge in [0, 0.05) is 23.0 Å². The summed E-state index contributed by atoms with van der Waals surface area (Å²) in [5.74, 6) is -0.503. The van der Waals surface area contributed by atoms with Crippen LogP contribution in [0.3, 0.4) is 0 Å². The number of carbonyl (C=O) groups is 1. The Kier molecular flexibility index (Phi) is 4.54. The van der Waals surface area contributed by atoms with Crippen LogP contribution in [0.4, 0.5) is 22.7 Å². The van der Waals surface area contributed by atoms with Crippen LogP contribution < -0.4 is 16.3 Å². The number of aromatic amines is 2. The molecule has 4 N–H and O–H groups in total. The van der Waals surface area contributed by atoms with Gasteiger partial charge >= 0.3 is 5.69 Å². The highest BCUT2D eigenvalue weighted by Gasteiger charge is 2.18. The van der Waals surface area contributed by atoms with Gasteiger partial charge in [0.15, 0.2) is 0 Å². The highest BCUT2D eigenvalue weighted by Crippen LogP contribution is 2.29. The van der Waals surface area contributed by atoms with E-state index in [1.807, 2.05) is 18.2 Å². The van der Waals surface area contributed by atoms with E-state index in [1.165, 1.54) is 18.2 Å². The minimum atomic E-state index is -0.543. The zero-order chi connectivity index (χ0) is 20.4. The van der Waals surface area contributed by atoms with E-state index >= 15 is 0 Å². The average molecular weight is 389 g/mol. The molecular weight excluding hydrogens is 374 g/mol. The summed E-state index contributed by atoms with van der Waals surface area (Å²) in [5.41, 5.74) is 2.16. The smallest absolute Gasteiger partial charge is 0.323 e. The molecule has 1 amide bonds. The van der Waals surface area contributed by atoms with Crippen LogP contribution in [0.2, 0.25) is 0 Å². The Hall–Kier alpha value is -4.40. The third-order valence-electron chi connectivity index (χ3n) is 4.28. The summed E-state index contributed by atoms with van der Waals surface area (Å²) < 4.78 is 0. The molecule has 0 unspecified atom stereocenters. The molecule has 4 aromatic rings. The molecule has 0 radical (unpaired) electrons. The Morgan fingerprint density at radius 3 is 2.41 bits per heavy atom. The fourth-order valence-corrected chi connectivity index (χ4v) is 2.92. The lowest BCUT2D eigenvalue weighted by Crippen LogP contribution is -2.12. The summed E-state index contributed by atoms with van der Waals surface area (Å²) >= 11 is 0. The average Bonchev–Trinajstić information content (AvgIpc) is 3.08. The molecule has 9 heteroatoms. The zero-order valence-electron chi connectivity index (χ0n) is 14.9. The van der Waals surface area contributed by atoms with Gasteiger partial charge in [-0.05, 0) is 42.5 Å². The molecule has 0 aliphatic heterocycles. The Labute approximate surface area is 163 Å². The van der Waals surface area contributed by atoms with Crippen molar-refractivity contribution in [2.75, 3.05) is 10.6 Å². The van der Waals surface area contributed by atoms with Gasteiger partial charge in [-0.2, -0.15) is 0 Å². The third-order valence-corrected chi connectivity index (χ3v) is 4.28. The van der Waals surface area contributed by atoms with Crippen LogP contribution in [0.15, 0.2) is 71.5 Å². The van der Waals surface area contributed by atoms with E-state index < -0.39 is 10.8 Å². The lowest BCUT2D eigenvalue weighted by atomic mass is 10.1. The van der Waals surface area contributed by atoms with Crippen molar-refractivity contribution in [1.29, 1.82) is 0 Å². The summed E-state index contributed by atoms with van der Waals surface area (Å²) in [6.45, 7) is 0. The summed E-state index contributed by atoms with van der Waals surface area (Å²) in [5, 5.41) is 17.1. The van der Waals surface area contributed by atoms with Gasteiger partial charge in [-0.15, -0.1) is 0 Å². The molecule has 0 bridgehead atoms. The molecule has 9 nitrogen and oxygen atoms in total. The van der Waals surface area contributed by atoms with Gasteiger partial charge in [0.05, 0.1) is 16.0 Å². The fourth-order valence-electron chi connectivity index (χ4n) is 2.92. The Morgan fingerprint density at radius 1 is 0.897 bits per heavy atom. The van der Waals surface area contributed by atoms with Gasteiger partial charge in [0.1, 0.15) is 5.69 Å². The highest BCUT2D eigenvalue weighted by atomic mass is 16.6. The summed E-state index contributed by atoms with van der Waals surface area (Å²) in [6.07, 6.45) is 0.